The zero-order chi connectivity index (χ0) is 33.4. The van der Waals surface area contributed by atoms with Crippen molar-refractivity contribution in [2.45, 2.75) is 50.6 Å². The van der Waals surface area contributed by atoms with E-state index in [1.54, 1.807) is 13.2 Å². The van der Waals surface area contributed by atoms with Crippen LogP contribution in [0.15, 0.2) is 18.2 Å². The van der Waals surface area contributed by atoms with Crippen molar-refractivity contribution in [3.63, 3.8) is 0 Å². The quantitative estimate of drug-likeness (QED) is 0.121. The van der Waals surface area contributed by atoms with Crippen LogP contribution < -0.4 is 16.4 Å². The molecule has 0 radical (unpaired) electrons. The largest absolute Gasteiger partial charge is 0.508 e. The molecule has 46 heavy (non-hydrogen) atoms. The maximum atomic E-state index is 13.1. The summed E-state index contributed by atoms with van der Waals surface area (Å²) >= 11 is 0. The molecule has 2 aliphatic carbocycles. The van der Waals surface area contributed by atoms with Gasteiger partial charge in [0.15, 0.2) is 0 Å². The summed E-state index contributed by atoms with van der Waals surface area (Å²) in [5.74, 6) is 0.464. The highest BCUT2D eigenvalue weighted by Gasteiger charge is 2.53. The molecule has 1 aromatic rings. The molecule has 6 N–H and O–H groups in total. The van der Waals surface area contributed by atoms with Crippen LogP contribution >= 0.6 is 0 Å². The summed E-state index contributed by atoms with van der Waals surface area (Å²) in [5.41, 5.74) is 6.89. The van der Waals surface area contributed by atoms with Crippen LogP contribution in [0.5, 0.6) is 5.75 Å². The number of fused-ring (bicyclic) bond motifs is 4. The number of piperidine rings is 1. The zero-order valence-electron chi connectivity index (χ0n) is 27.8. The lowest BCUT2D eigenvalue weighted by Crippen LogP contribution is -2.63. The summed E-state index contributed by atoms with van der Waals surface area (Å²) in [4.78, 5) is 25.0. The van der Waals surface area contributed by atoms with Gasteiger partial charge in [-0.15, -0.1) is 0 Å². The number of phenolic OH excluding ortho intramolecular Hbond substituents is 1. The topological polar surface area (TPSA) is 174 Å². The monoisotopic (exact) mass is 652 g/mol. The first-order valence-electron chi connectivity index (χ1n) is 16.5. The molecule has 2 bridgehead atoms. The number of carboxylic acids is 1. The van der Waals surface area contributed by atoms with E-state index in [1.165, 1.54) is 18.4 Å². The third-order valence-electron chi connectivity index (χ3n) is 9.12. The molecular formula is C33H56N4O9. The fourth-order valence-corrected chi connectivity index (χ4v) is 6.30. The van der Waals surface area contributed by atoms with Crippen molar-refractivity contribution in [2.24, 2.45) is 17.6 Å². The number of carboxylic acid groups (broad SMARTS) is 1. The number of hydrogen-bond acceptors (Lipinski definition) is 11. The van der Waals surface area contributed by atoms with Gasteiger partial charge in [-0.1, -0.05) is 19.9 Å². The number of ether oxygens (including phenoxy) is 5. The number of amides is 1. The average Bonchev–Trinajstić information content (AvgIpc) is 3.86. The van der Waals surface area contributed by atoms with Crippen LogP contribution in [0.3, 0.4) is 0 Å². The second-order valence-corrected chi connectivity index (χ2v) is 12.4. The minimum Gasteiger partial charge on any atom is -0.508 e. The fraction of sp³-hybridized carbons (Fsp3) is 0.758. The normalized spacial score (nSPS) is 23.7. The number of aromatic hydroxyl groups is 1. The van der Waals surface area contributed by atoms with Crippen molar-refractivity contribution in [3.05, 3.63) is 29.3 Å². The van der Waals surface area contributed by atoms with Crippen LogP contribution in [0.25, 0.3) is 0 Å². The highest BCUT2D eigenvalue weighted by atomic mass is 16.6. The van der Waals surface area contributed by atoms with Gasteiger partial charge >= 0.3 is 5.97 Å². The number of methoxy groups -OCH3 is 1. The van der Waals surface area contributed by atoms with E-state index in [1.807, 2.05) is 12.1 Å². The molecule has 1 unspecified atom stereocenters. The Morgan fingerprint density at radius 1 is 1.00 bits per heavy atom. The number of hydrogen-bond donors (Lipinski definition) is 5. The van der Waals surface area contributed by atoms with E-state index in [0.717, 1.165) is 31.0 Å². The van der Waals surface area contributed by atoms with Gasteiger partial charge in [-0.05, 0) is 66.3 Å². The van der Waals surface area contributed by atoms with Crippen LogP contribution in [-0.2, 0) is 38.7 Å². The number of benzene rings is 1. The lowest BCUT2D eigenvalue weighted by atomic mass is 9.57. The van der Waals surface area contributed by atoms with E-state index in [0.29, 0.717) is 77.7 Å². The van der Waals surface area contributed by atoms with Crippen molar-refractivity contribution in [1.82, 2.24) is 15.5 Å². The van der Waals surface area contributed by atoms with Crippen molar-refractivity contribution < 1.29 is 43.5 Å². The second-order valence-electron chi connectivity index (χ2n) is 12.4. The van der Waals surface area contributed by atoms with Gasteiger partial charge in [0.1, 0.15) is 5.75 Å². The van der Waals surface area contributed by atoms with E-state index in [2.05, 4.69) is 35.1 Å². The molecule has 1 saturated carbocycles. The highest BCUT2D eigenvalue weighted by molar-refractivity contribution is 5.79. The Labute approximate surface area is 273 Å². The predicted molar refractivity (Wildman–Crippen MR) is 173 cm³/mol. The molecular weight excluding hydrogens is 596 g/mol. The number of rotatable bonds is 21. The molecule has 1 heterocycles. The maximum Gasteiger partial charge on any atom is 0.317 e. The summed E-state index contributed by atoms with van der Waals surface area (Å²) in [6, 6.07) is 5.85. The fourth-order valence-electron chi connectivity index (χ4n) is 6.30. The van der Waals surface area contributed by atoms with E-state index < -0.39 is 5.97 Å². The number of carbonyl (C=O) groups excluding carboxylic acids is 1. The molecule has 13 heteroatoms. The smallest absolute Gasteiger partial charge is 0.317 e. The molecule has 1 aliphatic heterocycles. The summed E-state index contributed by atoms with van der Waals surface area (Å²) in [6.45, 7) is 12.1. The van der Waals surface area contributed by atoms with Crippen LogP contribution in [0.1, 0.15) is 50.3 Å². The SMILES string of the molecule is COCCOCCOCCOCCOCCNCC(=O)NC1c2ccc(O)cc2[C@]2(C)CCN(CC3CC3)[C@H]1[C@@H]2C.NCC(=O)O. The Morgan fingerprint density at radius 3 is 2.15 bits per heavy atom. The zero-order valence-corrected chi connectivity index (χ0v) is 27.8. The van der Waals surface area contributed by atoms with E-state index >= 15 is 0 Å². The van der Waals surface area contributed by atoms with Gasteiger partial charge in [0.05, 0.1) is 78.6 Å². The molecule has 1 aromatic carbocycles. The Bertz CT molecular complexity index is 1060. The van der Waals surface area contributed by atoms with E-state index in [9.17, 15) is 14.7 Å². The van der Waals surface area contributed by atoms with E-state index in [4.69, 9.17) is 28.8 Å². The Balaban J connectivity index is 0.00000107. The van der Waals surface area contributed by atoms with Gasteiger partial charge in [0.25, 0.3) is 0 Å². The lowest BCUT2D eigenvalue weighted by molar-refractivity contribution is -0.135. The third kappa shape index (κ3) is 12.0. The van der Waals surface area contributed by atoms with Crippen LogP contribution in [0, 0.1) is 11.8 Å². The number of carbonyl (C=O) groups is 2. The molecule has 1 amide bonds. The molecule has 4 atom stereocenters. The molecule has 13 nitrogen and oxygen atoms in total. The summed E-state index contributed by atoms with van der Waals surface area (Å²) in [7, 11) is 1.65. The first-order chi connectivity index (χ1) is 22.2. The summed E-state index contributed by atoms with van der Waals surface area (Å²) < 4.78 is 26.8. The van der Waals surface area contributed by atoms with Gasteiger partial charge in [0.2, 0.25) is 5.91 Å². The lowest BCUT2D eigenvalue weighted by Gasteiger charge is -2.57. The van der Waals surface area contributed by atoms with Gasteiger partial charge in [-0.25, -0.2) is 0 Å². The molecule has 262 valence electrons. The molecule has 2 fully saturated rings. The molecule has 0 spiro atoms. The van der Waals surface area contributed by atoms with Crippen molar-refractivity contribution in [2.75, 3.05) is 99.3 Å². The molecule has 3 aliphatic rings. The van der Waals surface area contributed by atoms with Crippen LogP contribution in [0.2, 0.25) is 0 Å². The Kier molecular flexibility index (Phi) is 16.6. The minimum absolute atomic E-state index is 0.00855. The van der Waals surface area contributed by atoms with Crippen LogP contribution in [-0.4, -0.2) is 132 Å². The van der Waals surface area contributed by atoms with Crippen molar-refractivity contribution >= 4 is 11.9 Å². The second kappa shape index (κ2) is 20.1. The minimum atomic E-state index is -0.968. The van der Waals surface area contributed by atoms with Gasteiger partial charge < -0.3 is 50.3 Å². The number of nitrogens with two attached hydrogens (primary N) is 1. The predicted octanol–water partition coefficient (Wildman–Crippen LogP) is 1.27. The first-order valence-corrected chi connectivity index (χ1v) is 16.5. The summed E-state index contributed by atoms with van der Waals surface area (Å²) in [6.07, 6.45) is 3.70. The van der Waals surface area contributed by atoms with Crippen molar-refractivity contribution in [1.29, 1.82) is 0 Å². The molecule has 1 saturated heterocycles. The van der Waals surface area contributed by atoms with E-state index in [-0.39, 0.29) is 36.5 Å². The first kappa shape index (κ1) is 38.1. The standard InChI is InChI=1S/C31H51N3O7.C2H5NO2/c1-23-30-29(26-7-6-25(35)20-27(26)31(23,2)8-10-34(30)22-24-4-5-24)33-28(36)21-32-9-11-38-14-15-40-18-19-41-17-16-39-13-12-37-3;3-1-2(4)5/h6-7,20,23-24,29-30,32,35H,4-5,8-19,21-22H2,1-3H3,(H,33,36);1,3H2,(H,4,5)/t23-,29?,30-,31+;/m0./s1. The number of nitrogens with one attached hydrogen (secondary N) is 2. The van der Waals surface area contributed by atoms with Gasteiger partial charge in [-0.3, -0.25) is 14.5 Å². The molecule has 4 rings (SSSR count). The Hall–Kier alpha value is -2.36. The average molecular weight is 653 g/mol. The van der Waals surface area contributed by atoms with Crippen molar-refractivity contribution in [3.8, 4) is 5.75 Å². The number of phenols is 1. The number of aliphatic carboxylic acids is 1. The maximum absolute atomic E-state index is 13.1. The number of nitrogens with zero attached hydrogens (tertiary/aromatic N) is 1. The van der Waals surface area contributed by atoms with Crippen LogP contribution in [0.4, 0.5) is 0 Å². The van der Waals surface area contributed by atoms with Gasteiger partial charge in [0, 0.05) is 26.2 Å². The van der Waals surface area contributed by atoms with Gasteiger partial charge in [-0.2, -0.15) is 0 Å². The third-order valence-corrected chi connectivity index (χ3v) is 9.12. The highest BCUT2D eigenvalue weighted by Crippen LogP contribution is 2.53. The Morgan fingerprint density at radius 2 is 1.59 bits per heavy atom. The molecule has 0 aromatic heterocycles. The summed E-state index contributed by atoms with van der Waals surface area (Å²) in [5, 5.41) is 24.5. The number of likely N-dealkylation sites (tertiary alicyclic amines) is 1.